The summed E-state index contributed by atoms with van der Waals surface area (Å²) in [6.45, 7) is 1.89. The van der Waals surface area contributed by atoms with Gasteiger partial charge in [-0.05, 0) is 6.92 Å². The van der Waals surface area contributed by atoms with Gasteiger partial charge in [-0.15, -0.1) is 0 Å². The Labute approximate surface area is 107 Å². The van der Waals surface area contributed by atoms with E-state index < -0.39 is 0 Å². The van der Waals surface area contributed by atoms with Gasteiger partial charge in [0.25, 0.3) is 5.78 Å². The lowest BCUT2D eigenvalue weighted by Gasteiger charge is -2.06. The third-order valence-electron chi connectivity index (χ3n) is 2.36. The lowest BCUT2D eigenvalue weighted by molar-refractivity contribution is 0.403. The molecule has 0 radical (unpaired) electrons. The van der Waals surface area contributed by atoms with Crippen molar-refractivity contribution < 1.29 is 4.74 Å². The zero-order chi connectivity index (χ0) is 12.7. The van der Waals surface area contributed by atoms with Crippen molar-refractivity contribution in [2.45, 2.75) is 6.92 Å². The highest BCUT2D eigenvalue weighted by molar-refractivity contribution is 6.29. The fourth-order valence-electron chi connectivity index (χ4n) is 1.62. The van der Waals surface area contributed by atoms with E-state index in [4.69, 9.17) is 16.3 Å². The summed E-state index contributed by atoms with van der Waals surface area (Å²) in [5.41, 5.74) is 0.863. The van der Waals surface area contributed by atoms with E-state index in [-0.39, 0.29) is 0 Å². The average Bonchev–Trinajstić information content (AvgIpc) is 2.86. The van der Waals surface area contributed by atoms with Gasteiger partial charge in [0.2, 0.25) is 11.8 Å². The van der Waals surface area contributed by atoms with Crippen LogP contribution in [-0.2, 0) is 7.05 Å². The first-order chi connectivity index (χ1) is 8.63. The van der Waals surface area contributed by atoms with Crippen molar-refractivity contribution in [2.75, 3.05) is 0 Å². The molecule has 0 N–H and O–H groups in total. The molecule has 0 amide bonds. The minimum atomic E-state index is 0.296. The molecular formula is C10H9ClN6O. The second kappa shape index (κ2) is 3.95. The quantitative estimate of drug-likeness (QED) is 0.658. The first kappa shape index (κ1) is 11.0. The minimum Gasteiger partial charge on any atom is -0.421 e. The van der Waals surface area contributed by atoms with Gasteiger partial charge in [-0.1, -0.05) is 11.6 Å². The third kappa shape index (κ3) is 1.78. The van der Waals surface area contributed by atoms with Crippen LogP contribution < -0.4 is 4.74 Å². The van der Waals surface area contributed by atoms with Gasteiger partial charge < -0.3 is 4.74 Å². The number of aromatic nitrogens is 6. The molecule has 3 aromatic heterocycles. The van der Waals surface area contributed by atoms with Crippen LogP contribution in [0, 0.1) is 6.92 Å². The highest BCUT2D eigenvalue weighted by Crippen LogP contribution is 2.23. The fraction of sp³-hybridized carbons (Fsp3) is 0.200. The number of fused-ring (bicyclic) bond motifs is 1. The number of hydrogen-bond donors (Lipinski definition) is 0. The van der Waals surface area contributed by atoms with Crippen LogP contribution in [0.15, 0.2) is 18.5 Å². The molecule has 0 aliphatic rings. The molecule has 0 aliphatic heterocycles. The van der Waals surface area contributed by atoms with E-state index in [1.807, 2.05) is 13.0 Å². The number of ether oxygens (including phenoxy) is 1. The molecule has 0 bridgehead atoms. The van der Waals surface area contributed by atoms with Gasteiger partial charge in [-0.25, -0.2) is 4.68 Å². The van der Waals surface area contributed by atoms with E-state index in [9.17, 15) is 0 Å². The second-order valence-corrected chi connectivity index (χ2v) is 4.13. The highest BCUT2D eigenvalue weighted by atomic mass is 35.5. The van der Waals surface area contributed by atoms with Crippen molar-refractivity contribution in [2.24, 2.45) is 7.05 Å². The summed E-state index contributed by atoms with van der Waals surface area (Å²) in [5, 5.41) is 8.51. The maximum absolute atomic E-state index is 5.90. The Morgan fingerprint density at radius 1 is 1.28 bits per heavy atom. The van der Waals surface area contributed by atoms with Gasteiger partial charge in [0.1, 0.15) is 11.5 Å². The summed E-state index contributed by atoms with van der Waals surface area (Å²) in [6.07, 6.45) is 1.39. The van der Waals surface area contributed by atoms with Crippen LogP contribution in [0.2, 0.25) is 5.15 Å². The van der Waals surface area contributed by atoms with Crippen molar-refractivity contribution >= 4 is 17.4 Å². The van der Waals surface area contributed by atoms with Gasteiger partial charge in [-0.3, -0.25) is 0 Å². The van der Waals surface area contributed by atoms with Crippen molar-refractivity contribution in [1.29, 1.82) is 0 Å². The van der Waals surface area contributed by atoms with Crippen molar-refractivity contribution in [3.05, 3.63) is 29.3 Å². The van der Waals surface area contributed by atoms with Crippen molar-refractivity contribution in [1.82, 2.24) is 29.4 Å². The third-order valence-corrected chi connectivity index (χ3v) is 2.55. The lowest BCUT2D eigenvalue weighted by atomic mass is 10.5. The summed E-state index contributed by atoms with van der Waals surface area (Å²) >= 11 is 5.90. The zero-order valence-corrected chi connectivity index (χ0v) is 10.5. The van der Waals surface area contributed by atoms with E-state index in [0.717, 1.165) is 5.69 Å². The smallest absolute Gasteiger partial charge is 0.256 e. The molecule has 0 aliphatic carbocycles. The highest BCUT2D eigenvalue weighted by Gasteiger charge is 2.11. The summed E-state index contributed by atoms with van der Waals surface area (Å²) in [6, 6.07) is 3.39. The molecular weight excluding hydrogens is 256 g/mol. The van der Waals surface area contributed by atoms with Gasteiger partial charge in [0, 0.05) is 19.2 Å². The fourth-order valence-corrected chi connectivity index (χ4v) is 1.79. The SMILES string of the molecule is Cc1cc(Oc2cc(Cl)nc3ncnn23)n(C)n1. The van der Waals surface area contributed by atoms with E-state index in [1.54, 1.807) is 17.8 Å². The Morgan fingerprint density at radius 2 is 2.11 bits per heavy atom. The predicted octanol–water partition coefficient (Wildman–Crippen LogP) is 1.61. The van der Waals surface area contributed by atoms with Crippen molar-refractivity contribution in [3.8, 4) is 11.8 Å². The molecule has 0 atom stereocenters. The molecule has 0 spiro atoms. The van der Waals surface area contributed by atoms with Gasteiger partial charge >= 0.3 is 0 Å². The van der Waals surface area contributed by atoms with E-state index >= 15 is 0 Å². The monoisotopic (exact) mass is 264 g/mol. The normalized spacial score (nSPS) is 11.1. The first-order valence-corrected chi connectivity index (χ1v) is 5.56. The molecule has 3 aromatic rings. The first-order valence-electron chi connectivity index (χ1n) is 5.18. The van der Waals surface area contributed by atoms with Crippen LogP contribution in [0.25, 0.3) is 5.78 Å². The summed E-state index contributed by atoms with van der Waals surface area (Å²) < 4.78 is 8.82. The maximum Gasteiger partial charge on any atom is 0.256 e. The molecule has 0 unspecified atom stereocenters. The Balaban J connectivity index is 2.09. The molecule has 3 rings (SSSR count). The molecule has 7 nitrogen and oxygen atoms in total. The van der Waals surface area contributed by atoms with Crippen LogP contribution in [0.4, 0.5) is 0 Å². The van der Waals surface area contributed by atoms with Crippen LogP contribution in [0.1, 0.15) is 5.69 Å². The summed E-state index contributed by atoms with van der Waals surface area (Å²) in [7, 11) is 1.80. The largest absolute Gasteiger partial charge is 0.421 e. The predicted molar refractivity (Wildman–Crippen MR) is 63.8 cm³/mol. The zero-order valence-electron chi connectivity index (χ0n) is 9.70. The van der Waals surface area contributed by atoms with Crippen LogP contribution in [-0.4, -0.2) is 29.4 Å². The Hall–Kier alpha value is -2.15. The Bertz CT molecular complexity index is 718. The maximum atomic E-state index is 5.90. The van der Waals surface area contributed by atoms with Gasteiger partial charge in [-0.2, -0.15) is 24.7 Å². The standard InChI is InChI=1S/C10H9ClN6O/c1-6-3-8(16(2)15-6)18-9-4-7(11)14-10-12-5-13-17(9)10/h3-5H,1-2H3. The number of halogens is 1. The molecule has 3 heterocycles. The summed E-state index contributed by atoms with van der Waals surface area (Å²) in [5.74, 6) is 1.41. The number of rotatable bonds is 2. The molecule has 92 valence electrons. The molecule has 8 heteroatoms. The molecule has 0 saturated heterocycles. The van der Waals surface area contributed by atoms with Crippen LogP contribution in [0.5, 0.6) is 11.8 Å². The summed E-state index contributed by atoms with van der Waals surface area (Å²) in [4.78, 5) is 7.98. The van der Waals surface area contributed by atoms with E-state index in [2.05, 4.69) is 20.2 Å². The van der Waals surface area contributed by atoms with E-state index in [0.29, 0.717) is 22.7 Å². The Morgan fingerprint density at radius 3 is 2.83 bits per heavy atom. The van der Waals surface area contributed by atoms with Crippen molar-refractivity contribution in [3.63, 3.8) is 0 Å². The number of hydrogen-bond acceptors (Lipinski definition) is 5. The second-order valence-electron chi connectivity index (χ2n) is 3.74. The van der Waals surface area contributed by atoms with E-state index in [1.165, 1.54) is 10.8 Å². The molecule has 0 fully saturated rings. The number of aryl methyl sites for hydroxylation is 2. The topological polar surface area (TPSA) is 70.1 Å². The average molecular weight is 265 g/mol. The molecule has 18 heavy (non-hydrogen) atoms. The van der Waals surface area contributed by atoms with Gasteiger partial charge in [0.15, 0.2) is 0 Å². The molecule has 0 aromatic carbocycles. The minimum absolute atomic E-state index is 0.296. The van der Waals surface area contributed by atoms with Crippen LogP contribution in [0.3, 0.4) is 0 Å². The molecule has 0 saturated carbocycles. The Kier molecular flexibility index (Phi) is 2.41. The van der Waals surface area contributed by atoms with Crippen LogP contribution >= 0.6 is 11.6 Å². The lowest BCUT2D eigenvalue weighted by Crippen LogP contribution is -2.01. The number of nitrogens with zero attached hydrogens (tertiary/aromatic N) is 6. The van der Waals surface area contributed by atoms with Gasteiger partial charge in [0.05, 0.1) is 5.69 Å².